The number of carboxylic acid groups (broad SMARTS) is 2. The van der Waals surface area contributed by atoms with Crippen molar-refractivity contribution in [2.45, 2.75) is 32.2 Å². The maximum absolute atomic E-state index is 12.0. The van der Waals surface area contributed by atoms with Crippen molar-refractivity contribution in [3.8, 4) is 0 Å². The third-order valence-electron chi connectivity index (χ3n) is 3.48. The Bertz CT molecular complexity index is 371. The largest absolute Gasteiger partial charge is 0.481 e. The summed E-state index contributed by atoms with van der Waals surface area (Å²) >= 11 is 0. The van der Waals surface area contributed by atoms with E-state index in [1.807, 2.05) is 6.92 Å². The van der Waals surface area contributed by atoms with Crippen LogP contribution in [0.15, 0.2) is 0 Å². The van der Waals surface area contributed by atoms with Crippen molar-refractivity contribution in [2.24, 2.45) is 17.6 Å². The molecule has 0 aromatic carbocycles. The molecule has 2 unspecified atom stereocenters. The molecule has 3 atom stereocenters. The zero-order valence-corrected chi connectivity index (χ0v) is 10.9. The Morgan fingerprint density at radius 1 is 1.26 bits per heavy atom. The van der Waals surface area contributed by atoms with Crippen molar-refractivity contribution in [2.75, 3.05) is 13.1 Å². The van der Waals surface area contributed by atoms with Crippen LogP contribution >= 0.6 is 0 Å². The molecule has 1 aliphatic rings. The number of hydrogen-bond donors (Lipinski definition) is 3. The van der Waals surface area contributed by atoms with Gasteiger partial charge in [0.2, 0.25) is 5.91 Å². The molecule has 0 radical (unpaired) electrons. The predicted molar refractivity (Wildman–Crippen MR) is 66.3 cm³/mol. The summed E-state index contributed by atoms with van der Waals surface area (Å²) in [7, 11) is 0. The molecule has 108 valence electrons. The smallest absolute Gasteiger partial charge is 0.309 e. The molecule has 0 saturated carbocycles. The highest BCUT2D eigenvalue weighted by molar-refractivity contribution is 5.84. The number of rotatable bonds is 5. The summed E-state index contributed by atoms with van der Waals surface area (Å²) in [6.45, 7) is 2.07. The average Bonchev–Trinajstić information content (AvgIpc) is 2.37. The summed E-state index contributed by atoms with van der Waals surface area (Å²) in [6.07, 6.45) is 1.45. The van der Waals surface area contributed by atoms with E-state index in [2.05, 4.69) is 0 Å². The molecule has 1 rings (SSSR count). The van der Waals surface area contributed by atoms with Crippen molar-refractivity contribution in [1.82, 2.24) is 4.90 Å². The second-order valence-electron chi connectivity index (χ2n) is 4.86. The van der Waals surface area contributed by atoms with Gasteiger partial charge in [0.1, 0.15) is 0 Å². The SMILES string of the molecule is CCC[C@H](N)C(=O)N1CCC(C(=O)O)C(C(=O)O)C1. The molecule has 0 bridgehead atoms. The molecular formula is C12H20N2O5. The molecule has 0 aliphatic carbocycles. The van der Waals surface area contributed by atoms with E-state index < -0.39 is 29.8 Å². The molecule has 1 amide bonds. The van der Waals surface area contributed by atoms with Crippen LogP contribution in [0.3, 0.4) is 0 Å². The summed E-state index contributed by atoms with van der Waals surface area (Å²) in [6, 6.07) is -0.638. The van der Waals surface area contributed by atoms with Crippen molar-refractivity contribution in [3.63, 3.8) is 0 Å². The Labute approximate surface area is 111 Å². The third-order valence-corrected chi connectivity index (χ3v) is 3.48. The minimum Gasteiger partial charge on any atom is -0.481 e. The Kier molecular flexibility index (Phi) is 5.29. The average molecular weight is 272 g/mol. The second kappa shape index (κ2) is 6.51. The number of nitrogens with zero attached hydrogens (tertiary/aromatic N) is 1. The number of carbonyl (C=O) groups is 3. The Balaban J connectivity index is 2.74. The lowest BCUT2D eigenvalue weighted by Crippen LogP contribution is -2.52. The van der Waals surface area contributed by atoms with Gasteiger partial charge in [0.15, 0.2) is 0 Å². The minimum atomic E-state index is -1.19. The first kappa shape index (κ1) is 15.4. The van der Waals surface area contributed by atoms with Gasteiger partial charge in [0.25, 0.3) is 0 Å². The zero-order valence-electron chi connectivity index (χ0n) is 10.9. The highest BCUT2D eigenvalue weighted by Crippen LogP contribution is 2.25. The molecule has 19 heavy (non-hydrogen) atoms. The van der Waals surface area contributed by atoms with Gasteiger partial charge in [-0.05, 0) is 12.8 Å². The standard InChI is InChI=1S/C12H20N2O5/c1-2-3-9(13)10(15)14-5-4-7(11(16)17)8(6-14)12(18)19/h7-9H,2-6,13H2,1H3,(H,16,17)(H,18,19)/t7?,8?,9-/m0/s1. The van der Waals surface area contributed by atoms with E-state index in [0.29, 0.717) is 6.42 Å². The van der Waals surface area contributed by atoms with Gasteiger partial charge in [0, 0.05) is 13.1 Å². The van der Waals surface area contributed by atoms with E-state index in [1.165, 1.54) is 4.90 Å². The van der Waals surface area contributed by atoms with Crippen LogP contribution in [0.1, 0.15) is 26.2 Å². The predicted octanol–water partition coefficient (Wildman–Crippen LogP) is -0.252. The zero-order chi connectivity index (χ0) is 14.6. The van der Waals surface area contributed by atoms with Crippen LogP contribution in [0.4, 0.5) is 0 Å². The lowest BCUT2D eigenvalue weighted by Gasteiger charge is -2.35. The van der Waals surface area contributed by atoms with Crippen molar-refractivity contribution < 1.29 is 24.6 Å². The van der Waals surface area contributed by atoms with Crippen LogP contribution in [0.5, 0.6) is 0 Å². The van der Waals surface area contributed by atoms with Crippen molar-refractivity contribution >= 4 is 17.8 Å². The highest BCUT2D eigenvalue weighted by atomic mass is 16.4. The highest BCUT2D eigenvalue weighted by Gasteiger charge is 2.40. The van der Waals surface area contributed by atoms with E-state index in [9.17, 15) is 14.4 Å². The topological polar surface area (TPSA) is 121 Å². The molecule has 4 N–H and O–H groups in total. The normalized spacial score (nSPS) is 24.8. The number of piperidine rings is 1. The van der Waals surface area contributed by atoms with E-state index in [4.69, 9.17) is 15.9 Å². The molecule has 0 spiro atoms. The molecule has 7 heteroatoms. The van der Waals surface area contributed by atoms with Crippen LogP contribution in [0.2, 0.25) is 0 Å². The molecule has 1 heterocycles. The maximum Gasteiger partial charge on any atom is 0.309 e. The molecule has 1 saturated heterocycles. The number of likely N-dealkylation sites (tertiary alicyclic amines) is 1. The summed E-state index contributed by atoms with van der Waals surface area (Å²) in [5.74, 6) is -4.61. The molecule has 0 aromatic heterocycles. The fourth-order valence-corrected chi connectivity index (χ4v) is 2.37. The first-order valence-corrected chi connectivity index (χ1v) is 6.38. The Morgan fingerprint density at radius 2 is 1.84 bits per heavy atom. The van der Waals surface area contributed by atoms with Gasteiger partial charge in [-0.15, -0.1) is 0 Å². The summed E-state index contributed by atoms with van der Waals surface area (Å²) in [4.78, 5) is 35.5. The van der Waals surface area contributed by atoms with Crippen LogP contribution < -0.4 is 5.73 Å². The minimum absolute atomic E-state index is 0.0808. The van der Waals surface area contributed by atoms with Crippen molar-refractivity contribution in [3.05, 3.63) is 0 Å². The van der Waals surface area contributed by atoms with Crippen LogP contribution in [-0.4, -0.2) is 52.1 Å². The Morgan fingerprint density at radius 3 is 2.32 bits per heavy atom. The summed E-state index contributed by atoms with van der Waals surface area (Å²) in [5, 5.41) is 18.1. The van der Waals surface area contributed by atoms with Gasteiger partial charge in [-0.25, -0.2) is 0 Å². The number of aliphatic carboxylic acids is 2. The van der Waals surface area contributed by atoms with Gasteiger partial charge in [-0.3, -0.25) is 14.4 Å². The van der Waals surface area contributed by atoms with Crippen LogP contribution in [0.25, 0.3) is 0 Å². The van der Waals surface area contributed by atoms with Gasteiger partial charge in [-0.1, -0.05) is 13.3 Å². The summed E-state index contributed by atoms with van der Waals surface area (Å²) in [5.41, 5.74) is 5.72. The molecule has 0 aromatic rings. The fraction of sp³-hybridized carbons (Fsp3) is 0.750. The summed E-state index contributed by atoms with van der Waals surface area (Å²) < 4.78 is 0. The number of nitrogens with two attached hydrogens (primary N) is 1. The fourth-order valence-electron chi connectivity index (χ4n) is 2.37. The van der Waals surface area contributed by atoms with E-state index in [1.54, 1.807) is 0 Å². The van der Waals surface area contributed by atoms with Crippen molar-refractivity contribution in [1.29, 1.82) is 0 Å². The van der Waals surface area contributed by atoms with Gasteiger partial charge >= 0.3 is 11.9 Å². The number of hydrogen-bond acceptors (Lipinski definition) is 4. The van der Waals surface area contributed by atoms with E-state index in [0.717, 1.165) is 6.42 Å². The molecule has 7 nitrogen and oxygen atoms in total. The molecule has 1 fully saturated rings. The van der Waals surface area contributed by atoms with E-state index >= 15 is 0 Å². The quantitative estimate of drug-likeness (QED) is 0.634. The lowest BCUT2D eigenvalue weighted by atomic mass is 9.85. The number of carboxylic acids is 2. The first-order valence-electron chi connectivity index (χ1n) is 6.38. The lowest BCUT2D eigenvalue weighted by molar-refractivity contribution is -0.159. The number of carbonyl (C=O) groups excluding carboxylic acids is 1. The second-order valence-corrected chi connectivity index (χ2v) is 4.86. The van der Waals surface area contributed by atoms with Gasteiger partial charge < -0.3 is 20.8 Å². The van der Waals surface area contributed by atoms with Gasteiger partial charge in [-0.2, -0.15) is 0 Å². The Hall–Kier alpha value is -1.63. The van der Waals surface area contributed by atoms with Gasteiger partial charge in [0.05, 0.1) is 17.9 Å². The first-order chi connectivity index (χ1) is 8.88. The molecular weight excluding hydrogens is 252 g/mol. The third kappa shape index (κ3) is 3.66. The monoisotopic (exact) mass is 272 g/mol. The maximum atomic E-state index is 12.0. The van der Waals surface area contributed by atoms with E-state index in [-0.39, 0.29) is 25.4 Å². The number of amides is 1. The van der Waals surface area contributed by atoms with Crippen LogP contribution in [-0.2, 0) is 14.4 Å². The molecule has 1 aliphatic heterocycles. The van der Waals surface area contributed by atoms with Crippen LogP contribution in [0, 0.1) is 11.8 Å².